The van der Waals surface area contributed by atoms with E-state index in [9.17, 15) is 14.4 Å². The normalized spacial score (nSPS) is 15.3. The summed E-state index contributed by atoms with van der Waals surface area (Å²) in [4.78, 5) is 37.2. The van der Waals surface area contributed by atoms with Crippen molar-refractivity contribution in [3.63, 3.8) is 0 Å². The number of hydrogen-bond acceptors (Lipinski definition) is 6. The van der Waals surface area contributed by atoms with Crippen molar-refractivity contribution in [3.8, 4) is 11.5 Å². The number of anilines is 2. The lowest BCUT2D eigenvalue weighted by atomic mass is 10.0. The highest BCUT2D eigenvalue weighted by molar-refractivity contribution is 6.17. The van der Waals surface area contributed by atoms with E-state index in [1.807, 2.05) is 0 Å². The number of amides is 2. The molecule has 8 nitrogen and oxygen atoms in total. The first-order chi connectivity index (χ1) is 14.0. The van der Waals surface area contributed by atoms with Crippen LogP contribution >= 0.6 is 0 Å². The summed E-state index contributed by atoms with van der Waals surface area (Å²) < 4.78 is 15.5. The van der Waals surface area contributed by atoms with Gasteiger partial charge in [0, 0.05) is 17.4 Å². The number of esters is 1. The number of hydrogen-bond donors (Lipinski definition) is 2. The van der Waals surface area contributed by atoms with Crippen LogP contribution in [0.15, 0.2) is 42.5 Å². The third kappa shape index (κ3) is 3.73. The molecule has 0 aromatic heterocycles. The minimum Gasteiger partial charge on any atom is -0.462 e. The molecular weight excluding hydrogens is 376 g/mol. The topological polar surface area (TPSA) is 103 Å². The summed E-state index contributed by atoms with van der Waals surface area (Å²) >= 11 is 0. The van der Waals surface area contributed by atoms with Gasteiger partial charge in [0.05, 0.1) is 12.2 Å². The molecular formula is C21H20N2O6. The van der Waals surface area contributed by atoms with Crippen LogP contribution in [0.1, 0.15) is 30.1 Å². The second-order valence-corrected chi connectivity index (χ2v) is 6.86. The second kappa shape index (κ2) is 7.46. The van der Waals surface area contributed by atoms with Gasteiger partial charge in [0.2, 0.25) is 18.6 Å². The van der Waals surface area contributed by atoms with Crippen molar-refractivity contribution in [2.75, 3.05) is 24.0 Å². The summed E-state index contributed by atoms with van der Waals surface area (Å²) in [5, 5.41) is 5.54. The molecule has 2 N–H and O–H groups in total. The molecule has 4 rings (SSSR count). The maximum absolute atomic E-state index is 12.7. The van der Waals surface area contributed by atoms with Crippen LogP contribution in [0, 0.1) is 5.41 Å². The SMILES string of the molecule is CCOC(=O)c1ccc(NC(=O)C2(C(=O)Nc3ccc4c(c3)OCO4)CC2)cc1. The van der Waals surface area contributed by atoms with E-state index in [-0.39, 0.29) is 18.6 Å². The van der Waals surface area contributed by atoms with E-state index in [1.54, 1.807) is 49.4 Å². The summed E-state index contributed by atoms with van der Waals surface area (Å²) in [6, 6.07) is 11.4. The summed E-state index contributed by atoms with van der Waals surface area (Å²) in [7, 11) is 0. The van der Waals surface area contributed by atoms with Gasteiger partial charge in [-0.15, -0.1) is 0 Å². The monoisotopic (exact) mass is 396 g/mol. The van der Waals surface area contributed by atoms with E-state index in [0.29, 0.717) is 47.9 Å². The molecule has 0 saturated heterocycles. The van der Waals surface area contributed by atoms with Gasteiger partial charge in [-0.25, -0.2) is 4.79 Å². The number of carbonyl (C=O) groups is 3. The Hall–Kier alpha value is -3.55. The van der Waals surface area contributed by atoms with Gasteiger partial charge in [0.15, 0.2) is 11.5 Å². The van der Waals surface area contributed by atoms with Crippen molar-refractivity contribution in [3.05, 3.63) is 48.0 Å². The predicted molar refractivity (Wildman–Crippen MR) is 104 cm³/mol. The van der Waals surface area contributed by atoms with Gasteiger partial charge in [0.1, 0.15) is 5.41 Å². The van der Waals surface area contributed by atoms with Crippen LogP contribution < -0.4 is 20.1 Å². The molecule has 2 aromatic carbocycles. The lowest BCUT2D eigenvalue weighted by Gasteiger charge is -2.16. The number of rotatable bonds is 6. The quantitative estimate of drug-likeness (QED) is 0.575. The molecule has 0 bridgehead atoms. The zero-order valence-corrected chi connectivity index (χ0v) is 15.8. The van der Waals surface area contributed by atoms with Crippen molar-refractivity contribution in [1.82, 2.24) is 0 Å². The van der Waals surface area contributed by atoms with Crippen LogP contribution in [0.5, 0.6) is 11.5 Å². The van der Waals surface area contributed by atoms with E-state index in [0.717, 1.165) is 0 Å². The first-order valence-corrected chi connectivity index (χ1v) is 9.31. The van der Waals surface area contributed by atoms with E-state index in [4.69, 9.17) is 14.2 Å². The smallest absolute Gasteiger partial charge is 0.338 e. The summed E-state index contributed by atoms with van der Waals surface area (Å²) in [6.07, 6.45) is 0.937. The van der Waals surface area contributed by atoms with Crippen LogP contribution in [-0.4, -0.2) is 31.2 Å². The largest absolute Gasteiger partial charge is 0.462 e. The molecule has 150 valence electrons. The molecule has 8 heteroatoms. The lowest BCUT2D eigenvalue weighted by molar-refractivity contribution is -0.131. The van der Waals surface area contributed by atoms with Crippen LogP contribution in [0.3, 0.4) is 0 Å². The molecule has 1 fully saturated rings. The van der Waals surface area contributed by atoms with Crippen molar-refractivity contribution in [2.24, 2.45) is 5.41 Å². The Morgan fingerprint density at radius 2 is 1.55 bits per heavy atom. The number of carbonyl (C=O) groups excluding carboxylic acids is 3. The number of nitrogens with one attached hydrogen (secondary N) is 2. The second-order valence-electron chi connectivity index (χ2n) is 6.86. The molecule has 1 heterocycles. The molecule has 0 spiro atoms. The van der Waals surface area contributed by atoms with E-state index in [2.05, 4.69) is 10.6 Å². The summed E-state index contributed by atoms with van der Waals surface area (Å²) in [5.74, 6) is 0.00992. The van der Waals surface area contributed by atoms with Crippen LogP contribution in [0.25, 0.3) is 0 Å². The van der Waals surface area contributed by atoms with Crippen LogP contribution in [0.2, 0.25) is 0 Å². The van der Waals surface area contributed by atoms with E-state index in [1.165, 1.54) is 0 Å². The van der Waals surface area contributed by atoms with Crippen LogP contribution in [0.4, 0.5) is 11.4 Å². The zero-order chi connectivity index (χ0) is 20.4. The molecule has 29 heavy (non-hydrogen) atoms. The molecule has 2 aliphatic rings. The molecule has 0 unspecified atom stereocenters. The third-order valence-electron chi connectivity index (χ3n) is 4.90. The average Bonchev–Trinajstić information content (AvgIpc) is 3.41. The first-order valence-electron chi connectivity index (χ1n) is 9.31. The maximum Gasteiger partial charge on any atom is 0.338 e. The number of fused-ring (bicyclic) bond motifs is 1. The molecule has 0 atom stereocenters. The Labute approximate surface area is 167 Å². The van der Waals surface area contributed by atoms with E-state index >= 15 is 0 Å². The van der Waals surface area contributed by atoms with Crippen molar-refractivity contribution in [1.29, 1.82) is 0 Å². The summed E-state index contributed by atoms with van der Waals surface area (Å²) in [6.45, 7) is 2.17. The van der Waals surface area contributed by atoms with Gasteiger partial charge >= 0.3 is 5.97 Å². The molecule has 1 saturated carbocycles. The minimum atomic E-state index is -1.10. The summed E-state index contributed by atoms with van der Waals surface area (Å²) in [5.41, 5.74) is 0.338. The number of ether oxygens (including phenoxy) is 3. The molecule has 1 aliphatic carbocycles. The van der Waals surface area contributed by atoms with Gasteiger partial charge < -0.3 is 24.8 Å². The first kappa shape index (κ1) is 18.8. The third-order valence-corrected chi connectivity index (χ3v) is 4.90. The van der Waals surface area contributed by atoms with Crippen molar-refractivity contribution < 1.29 is 28.6 Å². The highest BCUT2D eigenvalue weighted by Crippen LogP contribution is 2.48. The van der Waals surface area contributed by atoms with Gasteiger partial charge in [-0.05, 0) is 56.2 Å². The maximum atomic E-state index is 12.7. The predicted octanol–water partition coefficient (Wildman–Crippen LogP) is 2.95. The lowest BCUT2D eigenvalue weighted by Crippen LogP contribution is -2.35. The molecule has 2 amide bonds. The Morgan fingerprint density at radius 1 is 0.931 bits per heavy atom. The fourth-order valence-electron chi connectivity index (χ4n) is 3.06. The van der Waals surface area contributed by atoms with Gasteiger partial charge in [-0.1, -0.05) is 0 Å². The highest BCUT2D eigenvalue weighted by Gasteiger charge is 2.56. The zero-order valence-electron chi connectivity index (χ0n) is 15.8. The molecule has 1 aliphatic heterocycles. The Kier molecular flexibility index (Phi) is 4.84. The highest BCUT2D eigenvalue weighted by atomic mass is 16.7. The van der Waals surface area contributed by atoms with Crippen molar-refractivity contribution in [2.45, 2.75) is 19.8 Å². The average molecular weight is 396 g/mol. The Bertz CT molecular complexity index is 966. The van der Waals surface area contributed by atoms with Gasteiger partial charge in [-0.3, -0.25) is 9.59 Å². The van der Waals surface area contributed by atoms with Crippen molar-refractivity contribution >= 4 is 29.2 Å². The van der Waals surface area contributed by atoms with Crippen LogP contribution in [-0.2, 0) is 14.3 Å². The van der Waals surface area contributed by atoms with Gasteiger partial charge in [0.25, 0.3) is 0 Å². The standard InChI is InChI=1S/C21H20N2O6/c1-2-27-18(24)13-3-5-14(6-4-13)22-19(25)21(9-10-21)20(26)23-15-7-8-16-17(11-15)29-12-28-16/h3-8,11H,2,9-10,12H2,1H3,(H,22,25)(H,23,26). The fraction of sp³-hybridized carbons (Fsp3) is 0.286. The Balaban J connectivity index is 1.40. The van der Waals surface area contributed by atoms with Gasteiger partial charge in [-0.2, -0.15) is 0 Å². The Morgan fingerprint density at radius 3 is 2.21 bits per heavy atom. The molecule has 0 radical (unpaired) electrons. The number of benzene rings is 2. The molecule has 2 aromatic rings. The van der Waals surface area contributed by atoms with E-state index < -0.39 is 11.4 Å². The fourth-order valence-corrected chi connectivity index (χ4v) is 3.06. The minimum absolute atomic E-state index is 0.147.